The van der Waals surface area contributed by atoms with Crippen molar-refractivity contribution >= 4 is 11.6 Å². The molecule has 1 heterocycles. The van der Waals surface area contributed by atoms with Gasteiger partial charge in [-0.15, -0.1) is 0 Å². The van der Waals surface area contributed by atoms with Crippen LogP contribution in [-0.4, -0.2) is 52.1 Å². The van der Waals surface area contributed by atoms with Crippen LogP contribution in [0.25, 0.3) is 0 Å². The third-order valence-corrected chi connectivity index (χ3v) is 4.38. The second kappa shape index (κ2) is 9.77. The maximum atomic E-state index is 12.7. The van der Waals surface area contributed by atoms with Gasteiger partial charge in [-0.05, 0) is 25.1 Å². The highest BCUT2D eigenvalue weighted by molar-refractivity contribution is 6.03. The van der Waals surface area contributed by atoms with E-state index in [0.29, 0.717) is 39.8 Å². The molecule has 0 spiro atoms. The summed E-state index contributed by atoms with van der Waals surface area (Å²) in [4.78, 5) is 29.5. The molecular formula is C21H25NO7. The number of hydrogen-bond donors (Lipinski definition) is 0. The fraction of sp³-hybridized carbons (Fsp3) is 0.381. The van der Waals surface area contributed by atoms with Crippen molar-refractivity contribution in [3.8, 4) is 29.0 Å². The highest BCUT2D eigenvalue weighted by Crippen LogP contribution is 2.38. The van der Waals surface area contributed by atoms with Gasteiger partial charge in [0.05, 0.1) is 41.1 Å². The minimum Gasteiger partial charge on any atom is -0.493 e. The Labute approximate surface area is 169 Å². The quantitative estimate of drug-likeness (QED) is 0.558. The third kappa shape index (κ3) is 4.77. The molecule has 0 saturated carbocycles. The van der Waals surface area contributed by atoms with Crippen molar-refractivity contribution in [2.45, 2.75) is 19.8 Å². The van der Waals surface area contributed by atoms with Crippen molar-refractivity contribution in [1.82, 2.24) is 4.98 Å². The second-order valence-electron chi connectivity index (χ2n) is 6.13. The first-order valence-electron chi connectivity index (χ1n) is 8.86. The molecule has 0 amide bonds. The highest BCUT2D eigenvalue weighted by Gasteiger charge is 2.20. The summed E-state index contributed by atoms with van der Waals surface area (Å²) in [5.74, 6) is 1.21. The molecule has 0 aliphatic rings. The molecule has 8 heteroatoms. The molecule has 0 aliphatic carbocycles. The summed E-state index contributed by atoms with van der Waals surface area (Å²) in [6.45, 7) is 1.78. The van der Waals surface area contributed by atoms with E-state index in [1.54, 1.807) is 25.1 Å². The molecule has 0 radical (unpaired) electrons. The summed E-state index contributed by atoms with van der Waals surface area (Å²) in [6, 6.07) is 4.78. The number of carbonyl (C=O) groups is 2. The largest absolute Gasteiger partial charge is 0.493 e. The van der Waals surface area contributed by atoms with E-state index < -0.39 is 0 Å². The Morgan fingerprint density at radius 3 is 1.79 bits per heavy atom. The lowest BCUT2D eigenvalue weighted by atomic mass is 10.0. The number of rotatable bonds is 10. The molecule has 2 aromatic rings. The molecular weight excluding hydrogens is 378 g/mol. The van der Waals surface area contributed by atoms with Crippen LogP contribution in [0.4, 0.5) is 0 Å². The van der Waals surface area contributed by atoms with Crippen LogP contribution in [0.15, 0.2) is 18.2 Å². The van der Waals surface area contributed by atoms with Crippen LogP contribution in [0.3, 0.4) is 0 Å². The van der Waals surface area contributed by atoms with Crippen molar-refractivity contribution in [2.75, 3.05) is 35.5 Å². The van der Waals surface area contributed by atoms with Gasteiger partial charge in [0.1, 0.15) is 0 Å². The molecule has 1 aromatic carbocycles. The van der Waals surface area contributed by atoms with Gasteiger partial charge in [-0.1, -0.05) is 0 Å². The van der Waals surface area contributed by atoms with Gasteiger partial charge in [0.2, 0.25) is 17.5 Å². The van der Waals surface area contributed by atoms with E-state index in [4.69, 9.17) is 23.7 Å². The van der Waals surface area contributed by atoms with E-state index in [-0.39, 0.29) is 30.3 Å². The van der Waals surface area contributed by atoms with Crippen LogP contribution >= 0.6 is 0 Å². The van der Waals surface area contributed by atoms with E-state index in [2.05, 4.69) is 4.98 Å². The molecule has 0 unspecified atom stereocenters. The van der Waals surface area contributed by atoms with Gasteiger partial charge < -0.3 is 23.7 Å². The van der Waals surface area contributed by atoms with Crippen LogP contribution in [0.2, 0.25) is 0 Å². The van der Waals surface area contributed by atoms with Crippen molar-refractivity contribution in [3.63, 3.8) is 0 Å². The minimum atomic E-state index is -0.249. The number of ether oxygens (including phenoxy) is 5. The number of carbonyl (C=O) groups excluding carboxylic acids is 2. The standard InChI is InChI=1S/C21H25NO7/c1-12-9-14(21(29-6)22-20(12)28-5)16(24)8-7-15(23)13-10-17(25-2)19(27-4)18(11-13)26-3/h9-11H,7-8H2,1-6H3. The fourth-order valence-electron chi connectivity index (χ4n) is 2.89. The van der Waals surface area contributed by atoms with E-state index in [0.717, 1.165) is 0 Å². The highest BCUT2D eigenvalue weighted by atomic mass is 16.5. The van der Waals surface area contributed by atoms with Crippen molar-refractivity contribution in [1.29, 1.82) is 0 Å². The van der Waals surface area contributed by atoms with E-state index >= 15 is 0 Å². The lowest BCUT2D eigenvalue weighted by Gasteiger charge is -2.14. The van der Waals surface area contributed by atoms with Crippen LogP contribution in [0.5, 0.6) is 29.0 Å². The number of benzene rings is 1. The lowest BCUT2D eigenvalue weighted by molar-refractivity contribution is 0.0915. The maximum Gasteiger partial charge on any atom is 0.227 e. The molecule has 1 aromatic heterocycles. The fourth-order valence-corrected chi connectivity index (χ4v) is 2.89. The van der Waals surface area contributed by atoms with Crippen molar-refractivity contribution in [3.05, 3.63) is 34.9 Å². The maximum absolute atomic E-state index is 12.7. The Hall–Kier alpha value is -3.29. The number of aromatic nitrogens is 1. The summed E-state index contributed by atoms with van der Waals surface area (Å²) >= 11 is 0. The molecule has 2 rings (SSSR count). The van der Waals surface area contributed by atoms with E-state index in [1.807, 2.05) is 0 Å². The molecule has 8 nitrogen and oxygen atoms in total. The van der Waals surface area contributed by atoms with Crippen LogP contribution in [0.1, 0.15) is 39.1 Å². The normalized spacial score (nSPS) is 10.3. The Kier molecular flexibility index (Phi) is 7.41. The van der Waals surface area contributed by atoms with Gasteiger partial charge in [-0.25, -0.2) is 0 Å². The average Bonchev–Trinajstić information content (AvgIpc) is 2.75. The molecule has 0 fully saturated rings. The molecule has 0 aliphatic heterocycles. The molecule has 0 bridgehead atoms. The smallest absolute Gasteiger partial charge is 0.227 e. The summed E-state index contributed by atoms with van der Waals surface area (Å²) < 4.78 is 26.1. The second-order valence-corrected chi connectivity index (χ2v) is 6.13. The van der Waals surface area contributed by atoms with Gasteiger partial charge in [0.25, 0.3) is 0 Å². The predicted molar refractivity (Wildman–Crippen MR) is 106 cm³/mol. The molecule has 156 valence electrons. The van der Waals surface area contributed by atoms with E-state index in [1.165, 1.54) is 35.5 Å². The minimum absolute atomic E-state index is 0.000692. The first-order valence-corrected chi connectivity index (χ1v) is 8.86. The molecule has 29 heavy (non-hydrogen) atoms. The lowest BCUT2D eigenvalue weighted by Crippen LogP contribution is -2.09. The van der Waals surface area contributed by atoms with Crippen molar-refractivity contribution in [2.24, 2.45) is 0 Å². The first kappa shape index (κ1) is 22.0. The van der Waals surface area contributed by atoms with Crippen molar-refractivity contribution < 1.29 is 33.3 Å². The Morgan fingerprint density at radius 1 is 0.759 bits per heavy atom. The van der Waals surface area contributed by atoms with Gasteiger partial charge in [0, 0.05) is 24.0 Å². The number of hydrogen-bond acceptors (Lipinski definition) is 8. The number of aryl methyl sites for hydroxylation is 1. The zero-order chi connectivity index (χ0) is 21.6. The number of methoxy groups -OCH3 is 5. The first-order chi connectivity index (χ1) is 13.9. The topological polar surface area (TPSA) is 93.2 Å². The van der Waals surface area contributed by atoms with E-state index in [9.17, 15) is 9.59 Å². The predicted octanol–water partition coefficient (Wildman–Crippen LogP) is 3.28. The summed E-state index contributed by atoms with van der Waals surface area (Å²) in [5.41, 5.74) is 1.37. The van der Waals surface area contributed by atoms with Crippen LogP contribution in [-0.2, 0) is 0 Å². The van der Waals surface area contributed by atoms with Gasteiger partial charge in [0.15, 0.2) is 23.1 Å². The monoisotopic (exact) mass is 403 g/mol. The number of ketones is 2. The number of Topliss-reactive ketones (excluding diaryl/α,β-unsaturated/α-hetero) is 2. The summed E-state index contributed by atoms with van der Waals surface area (Å²) in [5, 5.41) is 0. The average molecular weight is 403 g/mol. The summed E-state index contributed by atoms with van der Waals surface area (Å²) in [6.07, 6.45) is 0.00496. The zero-order valence-corrected chi connectivity index (χ0v) is 17.5. The molecule has 0 atom stereocenters. The zero-order valence-electron chi connectivity index (χ0n) is 17.5. The number of nitrogens with zero attached hydrogens (tertiary/aromatic N) is 1. The third-order valence-electron chi connectivity index (χ3n) is 4.38. The Balaban J connectivity index is 2.21. The summed E-state index contributed by atoms with van der Waals surface area (Å²) in [7, 11) is 7.35. The van der Waals surface area contributed by atoms with Gasteiger partial charge >= 0.3 is 0 Å². The van der Waals surface area contributed by atoms with Gasteiger partial charge in [-0.3, -0.25) is 9.59 Å². The van der Waals surface area contributed by atoms with Crippen LogP contribution < -0.4 is 23.7 Å². The molecule has 0 N–H and O–H groups in total. The SMILES string of the molecule is COc1cc(C(=O)CCC(=O)c2cc(C)c(OC)nc2OC)cc(OC)c1OC. The Morgan fingerprint density at radius 2 is 1.31 bits per heavy atom. The Bertz CT molecular complexity index is 883. The van der Waals surface area contributed by atoms with Gasteiger partial charge in [-0.2, -0.15) is 4.98 Å². The van der Waals surface area contributed by atoms with Crippen LogP contribution in [0, 0.1) is 6.92 Å². The molecule has 0 saturated heterocycles. The number of pyridine rings is 1.